The minimum absolute atomic E-state index is 0.0942. The maximum atomic E-state index is 12.8. The third kappa shape index (κ3) is 3.79. The topological polar surface area (TPSA) is 211 Å². The fourth-order valence-electron chi connectivity index (χ4n) is 3.51. The quantitative estimate of drug-likeness (QED) is 0.245. The van der Waals surface area contributed by atoms with Crippen molar-refractivity contribution in [3.8, 4) is 40.1 Å². The summed E-state index contributed by atoms with van der Waals surface area (Å²) in [4.78, 5) is 12.8. The second-order valence-electron chi connectivity index (χ2n) is 7.42. The van der Waals surface area contributed by atoms with Crippen LogP contribution in [0.15, 0.2) is 39.5 Å². The van der Waals surface area contributed by atoms with Gasteiger partial charge in [0.2, 0.25) is 23.2 Å². The fourth-order valence-corrected chi connectivity index (χ4v) is 3.51. The molecular formula is C21H20O12. The molecule has 1 saturated heterocycles. The Morgan fingerprint density at radius 1 is 0.909 bits per heavy atom. The molecule has 12 nitrogen and oxygen atoms in total. The highest BCUT2D eigenvalue weighted by Crippen LogP contribution is 2.43. The van der Waals surface area contributed by atoms with Gasteiger partial charge in [-0.3, -0.25) is 4.79 Å². The van der Waals surface area contributed by atoms with Crippen molar-refractivity contribution in [2.45, 2.75) is 30.7 Å². The van der Waals surface area contributed by atoms with Crippen molar-refractivity contribution < 1.29 is 54.7 Å². The molecule has 3 aromatic rings. The first-order chi connectivity index (χ1) is 15.6. The van der Waals surface area contributed by atoms with Crippen LogP contribution in [0.5, 0.6) is 28.7 Å². The van der Waals surface area contributed by atoms with Crippen LogP contribution in [-0.2, 0) is 4.74 Å². The van der Waals surface area contributed by atoms with Gasteiger partial charge in [0, 0.05) is 11.6 Å². The lowest BCUT2D eigenvalue weighted by atomic mass is 9.99. The van der Waals surface area contributed by atoms with Crippen LogP contribution in [0.4, 0.5) is 0 Å². The van der Waals surface area contributed by atoms with Crippen LogP contribution in [0, 0.1) is 0 Å². The van der Waals surface area contributed by atoms with Gasteiger partial charge in [0.05, 0.1) is 6.61 Å². The molecule has 0 spiro atoms. The SMILES string of the molecule is O=c1c(O)c(-c2ccc(O)cc2)oc2c(OC3OC(CO)C(O)C(O)C3O)c(O)cc(O)c12. The highest BCUT2D eigenvalue weighted by atomic mass is 16.7. The number of hydrogen-bond acceptors (Lipinski definition) is 12. The third-order valence-corrected chi connectivity index (χ3v) is 5.27. The monoisotopic (exact) mass is 464 g/mol. The van der Waals surface area contributed by atoms with Crippen molar-refractivity contribution in [1.82, 2.24) is 0 Å². The zero-order valence-corrected chi connectivity index (χ0v) is 16.7. The Morgan fingerprint density at radius 2 is 1.58 bits per heavy atom. The van der Waals surface area contributed by atoms with Gasteiger partial charge in [-0.05, 0) is 24.3 Å². The Hall–Kier alpha value is -3.55. The van der Waals surface area contributed by atoms with E-state index in [9.17, 15) is 45.6 Å². The summed E-state index contributed by atoms with van der Waals surface area (Å²) in [5.74, 6) is -3.43. The smallest absolute Gasteiger partial charge is 0.238 e. The Labute approximate surface area is 184 Å². The van der Waals surface area contributed by atoms with Gasteiger partial charge in [-0.15, -0.1) is 0 Å². The summed E-state index contributed by atoms with van der Waals surface area (Å²) in [5.41, 5.74) is -1.45. The molecule has 2 heterocycles. The number of phenolic OH excluding ortho intramolecular Hbond substituents is 3. The molecule has 12 heteroatoms. The molecule has 8 N–H and O–H groups in total. The molecule has 2 aromatic carbocycles. The predicted molar refractivity (Wildman–Crippen MR) is 109 cm³/mol. The van der Waals surface area contributed by atoms with Gasteiger partial charge in [0.1, 0.15) is 41.3 Å². The first-order valence-corrected chi connectivity index (χ1v) is 9.65. The largest absolute Gasteiger partial charge is 0.508 e. The van der Waals surface area contributed by atoms with E-state index in [4.69, 9.17) is 13.9 Å². The van der Waals surface area contributed by atoms with Crippen molar-refractivity contribution in [1.29, 1.82) is 0 Å². The summed E-state index contributed by atoms with van der Waals surface area (Å²) in [6.07, 6.45) is -8.34. The van der Waals surface area contributed by atoms with E-state index in [1.165, 1.54) is 24.3 Å². The normalized spacial score (nSPS) is 25.3. The highest BCUT2D eigenvalue weighted by Gasteiger charge is 2.45. The number of phenols is 3. The maximum absolute atomic E-state index is 12.8. The minimum atomic E-state index is -1.84. The summed E-state index contributed by atoms with van der Waals surface area (Å²) in [6, 6.07) is 5.94. The van der Waals surface area contributed by atoms with Gasteiger partial charge in [-0.2, -0.15) is 0 Å². The van der Waals surface area contributed by atoms with E-state index in [2.05, 4.69) is 0 Å². The van der Waals surface area contributed by atoms with Crippen molar-refractivity contribution in [3.63, 3.8) is 0 Å². The van der Waals surface area contributed by atoms with Gasteiger partial charge < -0.3 is 54.7 Å². The molecule has 1 aliphatic rings. The molecule has 176 valence electrons. The fraction of sp³-hybridized carbons (Fsp3) is 0.286. The molecule has 5 unspecified atom stereocenters. The standard InChI is InChI=1S/C21H20O12/c22-6-11-13(26)15(28)17(30)21(31-11)33-19-10(25)5-9(24)12-14(27)16(29)18(32-20(12)19)7-1-3-8(23)4-2-7/h1-5,11,13,15,17,21-26,28-30H,6H2. The van der Waals surface area contributed by atoms with Gasteiger partial charge >= 0.3 is 0 Å². The second-order valence-corrected chi connectivity index (χ2v) is 7.42. The zero-order valence-electron chi connectivity index (χ0n) is 16.7. The van der Waals surface area contributed by atoms with Crippen LogP contribution >= 0.6 is 0 Å². The van der Waals surface area contributed by atoms with Crippen LogP contribution in [0.1, 0.15) is 0 Å². The molecule has 0 bridgehead atoms. The highest BCUT2D eigenvalue weighted by molar-refractivity contribution is 5.93. The molecule has 1 aliphatic heterocycles. The number of rotatable bonds is 4. The van der Waals surface area contributed by atoms with E-state index in [0.29, 0.717) is 0 Å². The van der Waals surface area contributed by atoms with E-state index in [1.54, 1.807) is 0 Å². The molecule has 0 saturated carbocycles. The minimum Gasteiger partial charge on any atom is -0.508 e. The average molecular weight is 464 g/mol. The van der Waals surface area contributed by atoms with E-state index in [0.717, 1.165) is 6.07 Å². The number of hydrogen-bond donors (Lipinski definition) is 8. The van der Waals surface area contributed by atoms with E-state index in [1.807, 2.05) is 0 Å². The van der Waals surface area contributed by atoms with Crippen molar-refractivity contribution in [2.75, 3.05) is 6.61 Å². The van der Waals surface area contributed by atoms with Crippen LogP contribution < -0.4 is 10.2 Å². The first kappa shape index (κ1) is 22.6. The summed E-state index contributed by atoms with van der Waals surface area (Å²) in [7, 11) is 0. The van der Waals surface area contributed by atoms with Crippen molar-refractivity contribution in [2.24, 2.45) is 0 Å². The number of fused-ring (bicyclic) bond motifs is 1. The van der Waals surface area contributed by atoms with E-state index in [-0.39, 0.29) is 17.1 Å². The molecular weight excluding hydrogens is 444 g/mol. The lowest BCUT2D eigenvalue weighted by Gasteiger charge is -2.39. The molecule has 4 rings (SSSR count). The molecule has 0 radical (unpaired) electrons. The second kappa shape index (κ2) is 8.42. The Morgan fingerprint density at radius 3 is 2.21 bits per heavy atom. The summed E-state index contributed by atoms with van der Waals surface area (Å²) >= 11 is 0. The number of aliphatic hydroxyl groups excluding tert-OH is 4. The van der Waals surface area contributed by atoms with Crippen LogP contribution in [-0.4, -0.2) is 78.2 Å². The first-order valence-electron chi connectivity index (χ1n) is 9.65. The van der Waals surface area contributed by atoms with Crippen LogP contribution in [0.25, 0.3) is 22.3 Å². The van der Waals surface area contributed by atoms with Crippen molar-refractivity contribution >= 4 is 11.0 Å². The molecule has 1 fully saturated rings. The molecule has 5 atom stereocenters. The number of benzene rings is 2. The van der Waals surface area contributed by atoms with Gasteiger partial charge in [0.15, 0.2) is 17.1 Å². The molecule has 33 heavy (non-hydrogen) atoms. The average Bonchev–Trinajstić information content (AvgIpc) is 2.78. The van der Waals surface area contributed by atoms with Gasteiger partial charge in [-0.1, -0.05) is 0 Å². The zero-order chi connectivity index (χ0) is 24.0. The molecule has 1 aromatic heterocycles. The Balaban J connectivity index is 1.88. The predicted octanol–water partition coefficient (Wildman–Crippen LogP) is -0.539. The van der Waals surface area contributed by atoms with E-state index < -0.39 is 76.7 Å². The molecule has 0 amide bonds. The van der Waals surface area contributed by atoms with Crippen molar-refractivity contribution in [3.05, 3.63) is 40.6 Å². The number of aromatic hydroxyl groups is 4. The number of ether oxygens (including phenoxy) is 2. The maximum Gasteiger partial charge on any atom is 0.238 e. The lowest BCUT2D eigenvalue weighted by Crippen LogP contribution is -2.60. The van der Waals surface area contributed by atoms with E-state index >= 15 is 0 Å². The van der Waals surface area contributed by atoms with Crippen LogP contribution in [0.2, 0.25) is 0 Å². The number of aliphatic hydroxyl groups is 4. The Bertz CT molecular complexity index is 1230. The summed E-state index contributed by atoms with van der Waals surface area (Å²) in [5, 5.41) is 79.3. The lowest BCUT2D eigenvalue weighted by molar-refractivity contribution is -0.277. The van der Waals surface area contributed by atoms with Crippen LogP contribution in [0.3, 0.4) is 0 Å². The summed E-state index contributed by atoms with van der Waals surface area (Å²) < 4.78 is 16.3. The third-order valence-electron chi connectivity index (χ3n) is 5.27. The Kier molecular flexibility index (Phi) is 5.78. The van der Waals surface area contributed by atoms with Gasteiger partial charge in [-0.25, -0.2) is 0 Å². The summed E-state index contributed by atoms with van der Waals surface area (Å²) in [6.45, 7) is -0.735. The van der Waals surface area contributed by atoms with Gasteiger partial charge in [0.25, 0.3) is 0 Å². The molecule has 0 aliphatic carbocycles.